The van der Waals surface area contributed by atoms with Crippen molar-refractivity contribution in [1.82, 2.24) is 10.2 Å². The molecule has 0 unspecified atom stereocenters. The Hall–Kier alpha value is -3.30. The van der Waals surface area contributed by atoms with Crippen LogP contribution in [0.1, 0.15) is 32.6 Å². The predicted octanol–water partition coefficient (Wildman–Crippen LogP) is 1.44. The van der Waals surface area contributed by atoms with Gasteiger partial charge in [0.2, 0.25) is 0 Å². The third kappa shape index (κ3) is 4.17. The molecule has 0 aromatic heterocycles. The van der Waals surface area contributed by atoms with Crippen LogP contribution in [0.3, 0.4) is 0 Å². The normalized spacial score (nSPS) is 18.2. The maximum atomic E-state index is 12.6. The molecular weight excluding hydrogens is 394 g/mol. The zero-order chi connectivity index (χ0) is 21.9. The number of ether oxygens (including phenoxy) is 3. The van der Waals surface area contributed by atoms with E-state index in [0.717, 1.165) is 17.7 Å². The monoisotopic (exact) mass is 419 g/mol. The molecule has 0 bridgehead atoms. The molecule has 1 saturated heterocycles. The van der Waals surface area contributed by atoms with Crippen LogP contribution in [0.15, 0.2) is 18.2 Å². The summed E-state index contributed by atoms with van der Waals surface area (Å²) >= 11 is 0. The molecule has 1 heterocycles. The molecule has 1 saturated carbocycles. The number of urea groups is 1. The number of rotatable bonds is 7. The second-order valence-corrected chi connectivity index (χ2v) is 7.30. The van der Waals surface area contributed by atoms with Gasteiger partial charge in [0.25, 0.3) is 11.8 Å². The van der Waals surface area contributed by atoms with Gasteiger partial charge in [0.1, 0.15) is 12.1 Å². The third-order valence-corrected chi connectivity index (χ3v) is 5.32. The van der Waals surface area contributed by atoms with E-state index in [4.69, 9.17) is 14.2 Å². The molecule has 2 fully saturated rings. The van der Waals surface area contributed by atoms with Gasteiger partial charge in [0.15, 0.2) is 17.6 Å². The summed E-state index contributed by atoms with van der Waals surface area (Å²) in [5.41, 5.74) is -0.467. The summed E-state index contributed by atoms with van der Waals surface area (Å²) in [6.45, 7) is 0.860. The first kappa shape index (κ1) is 21.4. The number of amides is 4. The van der Waals surface area contributed by atoms with Crippen LogP contribution < -0.4 is 20.1 Å². The van der Waals surface area contributed by atoms with Gasteiger partial charge in [-0.15, -0.1) is 0 Å². The Morgan fingerprint density at radius 3 is 2.47 bits per heavy atom. The quantitative estimate of drug-likeness (QED) is 0.506. The molecule has 2 N–H and O–H groups in total. The number of carbonyl (C=O) groups is 4. The smallest absolute Gasteiger partial charge is 0.327 e. The number of anilines is 1. The molecule has 10 heteroatoms. The first-order valence-corrected chi connectivity index (χ1v) is 9.66. The van der Waals surface area contributed by atoms with Crippen LogP contribution in [0, 0.1) is 0 Å². The summed E-state index contributed by atoms with van der Waals surface area (Å²) in [7, 11) is 2.97. The third-order valence-electron chi connectivity index (χ3n) is 5.32. The van der Waals surface area contributed by atoms with Crippen molar-refractivity contribution in [2.45, 2.75) is 44.2 Å². The van der Waals surface area contributed by atoms with E-state index in [2.05, 4.69) is 10.6 Å². The average Bonchev–Trinajstić information content (AvgIpc) is 3.28. The molecular formula is C20H25N3O7. The molecule has 1 atom stereocenters. The number of methoxy groups -OCH3 is 2. The van der Waals surface area contributed by atoms with E-state index in [1.54, 1.807) is 18.2 Å². The number of benzene rings is 1. The van der Waals surface area contributed by atoms with Gasteiger partial charge in [-0.05, 0) is 31.9 Å². The fourth-order valence-corrected chi connectivity index (χ4v) is 3.71. The molecule has 0 radical (unpaired) electrons. The van der Waals surface area contributed by atoms with Gasteiger partial charge in [-0.25, -0.2) is 4.79 Å². The largest absolute Gasteiger partial charge is 0.493 e. The van der Waals surface area contributed by atoms with Crippen molar-refractivity contribution >= 4 is 29.5 Å². The molecule has 1 aromatic rings. The van der Waals surface area contributed by atoms with Gasteiger partial charge in [-0.3, -0.25) is 19.3 Å². The summed E-state index contributed by atoms with van der Waals surface area (Å²) in [4.78, 5) is 50.2. The Morgan fingerprint density at radius 1 is 1.17 bits per heavy atom. The van der Waals surface area contributed by atoms with Gasteiger partial charge in [-0.2, -0.15) is 0 Å². The first-order chi connectivity index (χ1) is 14.3. The Kier molecular flexibility index (Phi) is 6.14. The molecule has 1 aliphatic carbocycles. The van der Waals surface area contributed by atoms with Gasteiger partial charge >= 0.3 is 12.0 Å². The zero-order valence-electron chi connectivity index (χ0n) is 17.1. The van der Waals surface area contributed by atoms with E-state index in [-0.39, 0.29) is 0 Å². The van der Waals surface area contributed by atoms with Crippen molar-refractivity contribution in [3.8, 4) is 11.5 Å². The second-order valence-electron chi connectivity index (χ2n) is 7.30. The van der Waals surface area contributed by atoms with Crippen LogP contribution in [0.2, 0.25) is 0 Å². The molecule has 1 aliphatic heterocycles. The van der Waals surface area contributed by atoms with Crippen LogP contribution in [-0.4, -0.2) is 61.1 Å². The summed E-state index contributed by atoms with van der Waals surface area (Å²) < 4.78 is 15.4. The number of hydrogen-bond acceptors (Lipinski definition) is 7. The highest BCUT2D eigenvalue weighted by Gasteiger charge is 2.52. The van der Waals surface area contributed by atoms with Crippen molar-refractivity contribution in [1.29, 1.82) is 0 Å². The molecule has 30 heavy (non-hydrogen) atoms. The number of esters is 1. The van der Waals surface area contributed by atoms with Crippen LogP contribution in [0.25, 0.3) is 0 Å². The summed E-state index contributed by atoms with van der Waals surface area (Å²) in [6, 6.07) is 4.20. The van der Waals surface area contributed by atoms with Crippen molar-refractivity contribution < 1.29 is 33.4 Å². The van der Waals surface area contributed by atoms with E-state index in [1.165, 1.54) is 21.1 Å². The lowest BCUT2D eigenvalue weighted by Gasteiger charge is -2.20. The minimum Gasteiger partial charge on any atom is -0.493 e. The van der Waals surface area contributed by atoms with Crippen molar-refractivity contribution in [3.05, 3.63) is 18.2 Å². The SMILES string of the molecule is COc1ccc(NC(=O)[C@@H](C)OC(=O)CN2C(=O)NC3(CCCC3)C2=O)cc1OC. The lowest BCUT2D eigenvalue weighted by Crippen LogP contribution is -2.44. The van der Waals surface area contributed by atoms with Crippen LogP contribution in [0.4, 0.5) is 10.5 Å². The lowest BCUT2D eigenvalue weighted by atomic mass is 9.98. The highest BCUT2D eigenvalue weighted by molar-refractivity contribution is 6.09. The van der Waals surface area contributed by atoms with Crippen molar-refractivity contribution in [3.63, 3.8) is 0 Å². The Balaban J connectivity index is 1.56. The molecule has 162 valence electrons. The summed E-state index contributed by atoms with van der Waals surface area (Å²) in [5.74, 6) is -0.893. The fourth-order valence-electron chi connectivity index (χ4n) is 3.71. The summed E-state index contributed by atoms with van der Waals surface area (Å²) in [5, 5.41) is 5.30. The molecule has 1 spiro atoms. The summed E-state index contributed by atoms with van der Waals surface area (Å²) in [6.07, 6.45) is 1.68. The number of nitrogens with one attached hydrogen (secondary N) is 2. The Morgan fingerprint density at radius 2 is 1.83 bits per heavy atom. The van der Waals surface area contributed by atoms with Crippen LogP contribution >= 0.6 is 0 Å². The van der Waals surface area contributed by atoms with E-state index in [0.29, 0.717) is 30.0 Å². The molecule has 1 aromatic carbocycles. The van der Waals surface area contributed by atoms with Crippen LogP contribution in [-0.2, 0) is 19.1 Å². The second kappa shape index (κ2) is 8.60. The number of carbonyl (C=O) groups excluding carboxylic acids is 4. The van der Waals surface area contributed by atoms with E-state index < -0.39 is 42.0 Å². The number of imide groups is 1. The van der Waals surface area contributed by atoms with Gasteiger partial charge in [-0.1, -0.05) is 12.8 Å². The Bertz CT molecular complexity index is 864. The highest BCUT2D eigenvalue weighted by atomic mass is 16.5. The highest BCUT2D eigenvalue weighted by Crippen LogP contribution is 2.35. The molecule has 3 rings (SSSR count). The molecule has 10 nitrogen and oxygen atoms in total. The van der Waals surface area contributed by atoms with Crippen molar-refractivity contribution in [2.75, 3.05) is 26.1 Å². The maximum absolute atomic E-state index is 12.6. The fraction of sp³-hybridized carbons (Fsp3) is 0.500. The topological polar surface area (TPSA) is 123 Å². The minimum atomic E-state index is -1.13. The van der Waals surface area contributed by atoms with E-state index in [1.807, 2.05) is 0 Å². The van der Waals surface area contributed by atoms with E-state index >= 15 is 0 Å². The standard InChI is InChI=1S/C20H25N3O7/c1-12(17(25)21-13-6-7-14(28-2)15(10-13)29-3)30-16(24)11-23-18(26)20(22-19(23)27)8-4-5-9-20/h6-7,10,12H,4-5,8-9,11H2,1-3H3,(H,21,25)(H,22,27)/t12-/m1/s1. The number of hydrogen-bond donors (Lipinski definition) is 2. The molecule has 2 aliphatic rings. The van der Waals surface area contributed by atoms with E-state index in [9.17, 15) is 19.2 Å². The van der Waals surface area contributed by atoms with Gasteiger partial charge in [0.05, 0.1) is 14.2 Å². The van der Waals surface area contributed by atoms with Gasteiger partial charge < -0.3 is 24.8 Å². The zero-order valence-corrected chi connectivity index (χ0v) is 17.1. The maximum Gasteiger partial charge on any atom is 0.327 e. The van der Waals surface area contributed by atoms with Gasteiger partial charge in [0, 0.05) is 11.8 Å². The van der Waals surface area contributed by atoms with Crippen molar-refractivity contribution in [2.24, 2.45) is 0 Å². The Labute approximate surface area is 173 Å². The molecule has 4 amide bonds. The lowest BCUT2D eigenvalue weighted by molar-refractivity contribution is -0.155. The predicted molar refractivity (Wildman–Crippen MR) is 105 cm³/mol. The number of nitrogens with zero attached hydrogens (tertiary/aromatic N) is 1. The first-order valence-electron chi connectivity index (χ1n) is 9.66. The van der Waals surface area contributed by atoms with Crippen LogP contribution in [0.5, 0.6) is 11.5 Å². The minimum absolute atomic E-state index is 0.413. The average molecular weight is 419 g/mol.